The molecule has 66 valence electrons. The van der Waals surface area contributed by atoms with Crippen molar-refractivity contribution in [2.75, 3.05) is 0 Å². The van der Waals surface area contributed by atoms with Crippen LogP contribution in [0.3, 0.4) is 0 Å². The molecule has 0 aromatic carbocycles. The fourth-order valence-electron chi connectivity index (χ4n) is 0. The molecule has 0 radical (unpaired) electrons. The van der Waals surface area contributed by atoms with E-state index in [9.17, 15) is 13.2 Å². The Labute approximate surface area is 60.2 Å². The smallest absolute Gasteiger partial charge is 0.344 e. The molecule has 0 saturated heterocycles. The van der Waals surface area contributed by atoms with Crippen molar-refractivity contribution >= 4 is 0 Å². The minimum atomic E-state index is -3.67. The zero-order valence-corrected chi connectivity index (χ0v) is 6.92. The summed E-state index contributed by atoms with van der Waals surface area (Å²) in [7, 11) is 0. The maximum Gasteiger partial charge on any atom is 0.379 e. The van der Waals surface area contributed by atoms with E-state index in [-0.39, 0.29) is 6.15 Å². The minimum Gasteiger partial charge on any atom is -0.344 e. The maximum atomic E-state index is 9.67. The second-order valence-electron chi connectivity index (χ2n) is 3.25. The highest BCUT2D eigenvalue weighted by Gasteiger charge is 1.95. The van der Waals surface area contributed by atoms with E-state index < -0.39 is 6.68 Å². The molecule has 0 unspecified atom stereocenters. The molecule has 0 aliphatic heterocycles. The third-order valence-corrected chi connectivity index (χ3v) is 0. The van der Waals surface area contributed by atoms with Crippen LogP contribution in [-0.4, -0.2) is 6.68 Å². The molecule has 10 heavy (non-hydrogen) atoms. The lowest BCUT2D eigenvalue weighted by Crippen LogP contribution is -1.93. The summed E-state index contributed by atoms with van der Waals surface area (Å²) >= 11 is 0. The van der Waals surface area contributed by atoms with Gasteiger partial charge in [-0.1, -0.05) is 27.7 Å². The summed E-state index contributed by atoms with van der Waals surface area (Å²) in [6.07, 6.45) is 0. The van der Waals surface area contributed by atoms with Gasteiger partial charge in [-0.15, -0.1) is 0 Å². The first-order chi connectivity index (χ1) is 3.73. The van der Waals surface area contributed by atoms with Gasteiger partial charge in [0, 0.05) is 0 Å². The number of halogens is 3. The Bertz CT molecular complexity index is 49.7. The largest absolute Gasteiger partial charge is 0.379 e. The Kier molecular flexibility index (Phi) is 11.2. The van der Waals surface area contributed by atoms with Gasteiger partial charge in [-0.25, -0.2) is 0 Å². The number of hydrogen-bond donors (Lipinski definition) is 1. The van der Waals surface area contributed by atoms with E-state index in [1.807, 2.05) is 0 Å². The summed E-state index contributed by atoms with van der Waals surface area (Å²) in [5, 5.41) is 0. The summed E-state index contributed by atoms with van der Waals surface area (Å²) in [6.45, 7) is 5.08. The standard InChI is InChI=1S/C5H12.CHF3.H3N/c1-5(2,3)4;2-1(3)4;/h1-4H3;1H;1H3. The van der Waals surface area contributed by atoms with Crippen molar-refractivity contribution in [3.8, 4) is 0 Å². The van der Waals surface area contributed by atoms with Crippen molar-refractivity contribution in [1.82, 2.24) is 6.15 Å². The van der Waals surface area contributed by atoms with Gasteiger partial charge < -0.3 is 6.15 Å². The highest BCUT2D eigenvalue weighted by atomic mass is 19.4. The van der Waals surface area contributed by atoms with E-state index in [1.165, 1.54) is 0 Å². The van der Waals surface area contributed by atoms with E-state index in [0.29, 0.717) is 5.41 Å². The number of hydrogen-bond acceptors (Lipinski definition) is 1. The molecule has 0 saturated carbocycles. The van der Waals surface area contributed by atoms with Gasteiger partial charge in [0.25, 0.3) is 0 Å². The van der Waals surface area contributed by atoms with E-state index in [4.69, 9.17) is 0 Å². The van der Waals surface area contributed by atoms with Crippen LogP contribution in [0.25, 0.3) is 0 Å². The van der Waals surface area contributed by atoms with E-state index in [1.54, 1.807) is 0 Å². The Balaban J connectivity index is -0.0000000910. The van der Waals surface area contributed by atoms with Crippen LogP contribution in [0, 0.1) is 5.41 Å². The highest BCUT2D eigenvalue weighted by Crippen LogP contribution is 2.07. The minimum absolute atomic E-state index is 0. The van der Waals surface area contributed by atoms with Crippen LogP contribution in [0.5, 0.6) is 0 Å². The lowest BCUT2D eigenvalue weighted by Gasteiger charge is -2.05. The molecule has 0 atom stereocenters. The van der Waals surface area contributed by atoms with Crippen LogP contribution in [0.15, 0.2) is 0 Å². The molecule has 0 aliphatic carbocycles. The van der Waals surface area contributed by atoms with Crippen LogP contribution in [0.1, 0.15) is 27.7 Å². The molecule has 0 rings (SSSR count). The fourth-order valence-corrected chi connectivity index (χ4v) is 0. The van der Waals surface area contributed by atoms with E-state index in [0.717, 1.165) is 0 Å². The van der Waals surface area contributed by atoms with Crippen molar-refractivity contribution < 1.29 is 13.2 Å². The van der Waals surface area contributed by atoms with Crippen LogP contribution in [-0.2, 0) is 0 Å². The molecule has 1 nitrogen and oxygen atoms in total. The third kappa shape index (κ3) is 5650. The number of rotatable bonds is 0. The van der Waals surface area contributed by atoms with Crippen molar-refractivity contribution in [2.24, 2.45) is 5.41 Å². The van der Waals surface area contributed by atoms with Gasteiger partial charge in [-0.2, -0.15) is 13.2 Å². The van der Waals surface area contributed by atoms with Gasteiger partial charge in [0.05, 0.1) is 0 Å². The van der Waals surface area contributed by atoms with Gasteiger partial charge >= 0.3 is 6.68 Å². The van der Waals surface area contributed by atoms with Crippen LogP contribution >= 0.6 is 0 Å². The maximum absolute atomic E-state index is 9.67. The monoisotopic (exact) mass is 159 g/mol. The topological polar surface area (TPSA) is 35.0 Å². The molecule has 0 bridgehead atoms. The predicted molar refractivity (Wildman–Crippen MR) is 37.3 cm³/mol. The molecule has 0 spiro atoms. The van der Waals surface area contributed by atoms with Crippen LogP contribution in [0.2, 0.25) is 0 Å². The summed E-state index contributed by atoms with van der Waals surface area (Å²) in [5.41, 5.74) is 0.500. The quantitative estimate of drug-likeness (QED) is 0.577. The second-order valence-corrected chi connectivity index (χ2v) is 3.25. The van der Waals surface area contributed by atoms with Crippen molar-refractivity contribution in [3.63, 3.8) is 0 Å². The normalized spacial score (nSPS) is 9.60. The zero-order valence-electron chi connectivity index (χ0n) is 6.92. The molecule has 3 N–H and O–H groups in total. The molecule has 0 aromatic rings. The predicted octanol–water partition coefficient (Wildman–Crippen LogP) is 3.39. The Morgan fingerprint density at radius 3 is 0.900 bits per heavy atom. The average Bonchev–Trinajstić information content (AvgIpc) is 1.19. The summed E-state index contributed by atoms with van der Waals surface area (Å²) in [4.78, 5) is 0. The van der Waals surface area contributed by atoms with Gasteiger partial charge in [0.1, 0.15) is 0 Å². The van der Waals surface area contributed by atoms with E-state index in [2.05, 4.69) is 27.7 Å². The van der Waals surface area contributed by atoms with Crippen LogP contribution < -0.4 is 6.15 Å². The second kappa shape index (κ2) is 6.86. The molecule has 0 aromatic heterocycles. The molecular weight excluding hydrogens is 143 g/mol. The van der Waals surface area contributed by atoms with Crippen molar-refractivity contribution in [3.05, 3.63) is 0 Å². The molecular formula is C6H16F3N. The molecule has 0 amide bonds. The first-order valence-corrected chi connectivity index (χ1v) is 2.65. The summed E-state index contributed by atoms with van der Waals surface area (Å²) < 4.78 is 29.0. The molecule has 0 fully saturated rings. The Hall–Kier alpha value is -0.250. The zero-order chi connectivity index (χ0) is 8.08. The summed E-state index contributed by atoms with van der Waals surface area (Å²) in [6, 6.07) is 0. The first kappa shape index (κ1) is 16.4. The van der Waals surface area contributed by atoms with E-state index >= 15 is 0 Å². The first-order valence-electron chi connectivity index (χ1n) is 2.65. The van der Waals surface area contributed by atoms with Gasteiger partial charge in [-0.05, 0) is 5.41 Å². The highest BCUT2D eigenvalue weighted by molar-refractivity contribution is 4.47. The fraction of sp³-hybridized carbons (Fsp3) is 1.00. The van der Waals surface area contributed by atoms with Crippen molar-refractivity contribution in [2.45, 2.75) is 34.4 Å². The SMILES string of the molecule is CC(C)(C)C.FC(F)F.N. The number of alkyl halides is 3. The molecule has 0 heterocycles. The lowest BCUT2D eigenvalue weighted by molar-refractivity contribution is 0.00819. The average molecular weight is 159 g/mol. The Morgan fingerprint density at radius 2 is 0.900 bits per heavy atom. The summed E-state index contributed by atoms with van der Waals surface area (Å²) in [5.74, 6) is 0. The molecule has 4 heteroatoms. The van der Waals surface area contributed by atoms with Crippen LogP contribution in [0.4, 0.5) is 13.2 Å². The molecule has 0 aliphatic rings. The Morgan fingerprint density at radius 1 is 0.900 bits per heavy atom. The van der Waals surface area contributed by atoms with Gasteiger partial charge in [0.15, 0.2) is 0 Å². The lowest BCUT2D eigenvalue weighted by atomic mass is 10.0. The third-order valence-electron chi connectivity index (χ3n) is 0. The van der Waals surface area contributed by atoms with Crippen molar-refractivity contribution in [1.29, 1.82) is 0 Å². The van der Waals surface area contributed by atoms with Gasteiger partial charge in [0.2, 0.25) is 0 Å². The van der Waals surface area contributed by atoms with Gasteiger partial charge in [-0.3, -0.25) is 0 Å².